The average Bonchev–Trinajstić information content (AvgIpc) is 3.22. The van der Waals surface area contributed by atoms with Crippen LogP contribution in [0.2, 0.25) is 0 Å². The van der Waals surface area contributed by atoms with Gasteiger partial charge in [-0.05, 0) is 17.5 Å². The van der Waals surface area contributed by atoms with Gasteiger partial charge in [-0.3, -0.25) is 9.89 Å². The number of nitrogens with one attached hydrogen (secondary N) is 1. The zero-order chi connectivity index (χ0) is 20.4. The molecule has 0 aliphatic carbocycles. The Labute approximate surface area is 169 Å². The molecule has 0 radical (unpaired) electrons. The number of hydrogen-bond donors (Lipinski definition) is 2. The van der Waals surface area contributed by atoms with Crippen molar-refractivity contribution in [3.63, 3.8) is 0 Å². The van der Waals surface area contributed by atoms with Crippen molar-refractivity contribution in [2.45, 2.75) is 26.3 Å². The second kappa shape index (κ2) is 7.75. The van der Waals surface area contributed by atoms with E-state index in [1.165, 1.54) is 4.68 Å². The first-order valence-corrected chi connectivity index (χ1v) is 9.60. The van der Waals surface area contributed by atoms with Crippen LogP contribution in [0.4, 0.5) is 5.69 Å². The molecule has 2 aromatic carbocycles. The first-order chi connectivity index (χ1) is 14.0. The van der Waals surface area contributed by atoms with Gasteiger partial charge in [-0.2, -0.15) is 10.2 Å². The van der Waals surface area contributed by atoms with Gasteiger partial charge < -0.3 is 5.73 Å². The Morgan fingerprint density at radius 1 is 1.03 bits per heavy atom. The molecule has 0 saturated heterocycles. The molecule has 0 fully saturated rings. The van der Waals surface area contributed by atoms with Crippen molar-refractivity contribution < 1.29 is 0 Å². The van der Waals surface area contributed by atoms with Crippen LogP contribution >= 0.6 is 0 Å². The van der Waals surface area contributed by atoms with Crippen LogP contribution in [-0.2, 0) is 6.54 Å². The number of nitrogen functional groups attached to an aromatic ring is 1. The van der Waals surface area contributed by atoms with E-state index in [9.17, 15) is 4.79 Å². The number of benzene rings is 2. The first kappa shape index (κ1) is 18.7. The number of anilines is 1. The standard InChI is InChI=1S/C23H23N5O/c1-15(2)22-20(19-13-18(25-26-19)17-11-7-4-8-12-17)21(24)23(29)28(27-22)14-16-9-5-3-6-10-16/h3-13,15H,14,24H2,1-2H3,(H,25,26). The molecule has 146 valence electrons. The van der Waals surface area contributed by atoms with Crippen molar-refractivity contribution in [3.05, 3.63) is 88.3 Å². The molecule has 0 spiro atoms. The van der Waals surface area contributed by atoms with E-state index < -0.39 is 0 Å². The molecule has 2 heterocycles. The minimum Gasteiger partial charge on any atom is -0.394 e. The van der Waals surface area contributed by atoms with Crippen molar-refractivity contribution in [1.29, 1.82) is 0 Å². The van der Waals surface area contributed by atoms with Crippen LogP contribution in [0, 0.1) is 0 Å². The molecule has 3 N–H and O–H groups in total. The summed E-state index contributed by atoms with van der Waals surface area (Å²) < 4.78 is 1.44. The molecule has 0 atom stereocenters. The third-order valence-electron chi connectivity index (χ3n) is 4.86. The molecule has 0 amide bonds. The van der Waals surface area contributed by atoms with Crippen molar-refractivity contribution in [2.24, 2.45) is 0 Å². The van der Waals surface area contributed by atoms with Crippen molar-refractivity contribution >= 4 is 5.69 Å². The summed E-state index contributed by atoms with van der Waals surface area (Å²) in [5.74, 6) is 0.0819. The molecule has 4 aromatic rings. The van der Waals surface area contributed by atoms with E-state index in [0.717, 1.165) is 22.5 Å². The first-order valence-electron chi connectivity index (χ1n) is 9.60. The van der Waals surface area contributed by atoms with E-state index in [-0.39, 0.29) is 17.2 Å². The quantitative estimate of drug-likeness (QED) is 0.542. The minimum atomic E-state index is -0.302. The van der Waals surface area contributed by atoms with Crippen LogP contribution in [0.1, 0.15) is 31.0 Å². The maximum Gasteiger partial charge on any atom is 0.290 e. The SMILES string of the molecule is CC(C)c1nn(Cc2ccccc2)c(=O)c(N)c1-c1cc(-c2ccccc2)n[nH]1. The number of nitrogens with zero attached hydrogens (tertiary/aromatic N) is 3. The molecule has 29 heavy (non-hydrogen) atoms. The summed E-state index contributed by atoms with van der Waals surface area (Å²) in [6, 6.07) is 21.5. The molecule has 6 heteroatoms. The van der Waals surface area contributed by atoms with E-state index in [0.29, 0.717) is 17.8 Å². The number of H-pyrrole nitrogens is 1. The van der Waals surface area contributed by atoms with Crippen molar-refractivity contribution in [1.82, 2.24) is 20.0 Å². The number of rotatable bonds is 5. The van der Waals surface area contributed by atoms with Gasteiger partial charge in [0.2, 0.25) is 0 Å². The molecule has 2 aromatic heterocycles. The molecule has 0 saturated carbocycles. The fraction of sp³-hybridized carbons (Fsp3) is 0.174. The summed E-state index contributed by atoms with van der Waals surface area (Å²) in [6.45, 7) is 4.45. The number of nitrogens with two attached hydrogens (primary N) is 1. The van der Waals surface area contributed by atoms with Gasteiger partial charge in [0.25, 0.3) is 5.56 Å². The molecule has 0 bridgehead atoms. The Kier molecular flexibility index (Phi) is 4.99. The van der Waals surface area contributed by atoms with E-state index in [2.05, 4.69) is 15.3 Å². The molecule has 6 nitrogen and oxygen atoms in total. The molecule has 0 aliphatic rings. The number of aromatic nitrogens is 4. The van der Waals surface area contributed by atoms with E-state index in [1.807, 2.05) is 80.6 Å². The topological polar surface area (TPSA) is 89.6 Å². The third kappa shape index (κ3) is 3.69. The van der Waals surface area contributed by atoms with Crippen LogP contribution < -0.4 is 11.3 Å². The van der Waals surface area contributed by atoms with Gasteiger partial charge in [-0.15, -0.1) is 0 Å². The van der Waals surface area contributed by atoms with Crippen LogP contribution in [0.25, 0.3) is 22.5 Å². The summed E-state index contributed by atoms with van der Waals surface area (Å²) in [4.78, 5) is 13.0. The molecule has 0 aliphatic heterocycles. The predicted octanol–water partition coefficient (Wildman–Crippen LogP) is 4.05. The van der Waals surface area contributed by atoms with Gasteiger partial charge in [0.05, 0.1) is 29.2 Å². The Morgan fingerprint density at radius 3 is 2.34 bits per heavy atom. The normalized spacial score (nSPS) is 11.1. The maximum absolute atomic E-state index is 13.0. The van der Waals surface area contributed by atoms with E-state index >= 15 is 0 Å². The van der Waals surface area contributed by atoms with Crippen molar-refractivity contribution in [2.75, 3.05) is 5.73 Å². The molecule has 0 unspecified atom stereocenters. The van der Waals surface area contributed by atoms with Gasteiger partial charge in [0.15, 0.2) is 0 Å². The Morgan fingerprint density at radius 2 is 1.69 bits per heavy atom. The monoisotopic (exact) mass is 385 g/mol. The lowest BCUT2D eigenvalue weighted by atomic mass is 10.00. The summed E-state index contributed by atoms with van der Waals surface area (Å²) in [7, 11) is 0. The highest BCUT2D eigenvalue weighted by Crippen LogP contribution is 2.31. The van der Waals surface area contributed by atoms with Crippen LogP contribution in [0.5, 0.6) is 0 Å². The van der Waals surface area contributed by atoms with Gasteiger partial charge >= 0.3 is 0 Å². The fourth-order valence-corrected chi connectivity index (χ4v) is 3.37. The highest BCUT2D eigenvalue weighted by Gasteiger charge is 2.21. The van der Waals surface area contributed by atoms with E-state index in [4.69, 9.17) is 5.73 Å². The van der Waals surface area contributed by atoms with E-state index in [1.54, 1.807) is 0 Å². The van der Waals surface area contributed by atoms with Crippen LogP contribution in [-0.4, -0.2) is 20.0 Å². The zero-order valence-electron chi connectivity index (χ0n) is 16.5. The van der Waals surface area contributed by atoms with Crippen LogP contribution in [0.15, 0.2) is 71.5 Å². The largest absolute Gasteiger partial charge is 0.394 e. The second-order valence-corrected chi connectivity index (χ2v) is 7.31. The Balaban J connectivity index is 1.81. The Bertz CT molecular complexity index is 1180. The lowest BCUT2D eigenvalue weighted by molar-refractivity contribution is 0.608. The molecular formula is C23H23N5O. The van der Waals surface area contributed by atoms with Gasteiger partial charge in [0, 0.05) is 5.56 Å². The summed E-state index contributed by atoms with van der Waals surface area (Å²) in [5, 5.41) is 12.1. The predicted molar refractivity (Wildman–Crippen MR) is 116 cm³/mol. The average molecular weight is 385 g/mol. The molecule has 4 rings (SSSR count). The van der Waals surface area contributed by atoms with Gasteiger partial charge in [-0.1, -0.05) is 74.5 Å². The molecular weight excluding hydrogens is 362 g/mol. The second-order valence-electron chi connectivity index (χ2n) is 7.31. The summed E-state index contributed by atoms with van der Waals surface area (Å²) >= 11 is 0. The van der Waals surface area contributed by atoms with Gasteiger partial charge in [0.1, 0.15) is 5.69 Å². The summed E-state index contributed by atoms with van der Waals surface area (Å²) in [6.07, 6.45) is 0. The smallest absolute Gasteiger partial charge is 0.290 e. The Hall–Kier alpha value is -3.67. The van der Waals surface area contributed by atoms with Crippen LogP contribution in [0.3, 0.4) is 0 Å². The van der Waals surface area contributed by atoms with Gasteiger partial charge in [-0.25, -0.2) is 4.68 Å². The minimum absolute atomic E-state index is 0.0819. The lowest BCUT2D eigenvalue weighted by Gasteiger charge is -2.16. The fourth-order valence-electron chi connectivity index (χ4n) is 3.37. The highest BCUT2D eigenvalue weighted by atomic mass is 16.1. The number of aromatic amines is 1. The maximum atomic E-state index is 13.0. The number of hydrogen-bond acceptors (Lipinski definition) is 4. The third-order valence-corrected chi connectivity index (χ3v) is 4.86. The summed E-state index contributed by atoms with van der Waals surface area (Å²) in [5.41, 5.74) is 11.1. The van der Waals surface area contributed by atoms with Crippen molar-refractivity contribution in [3.8, 4) is 22.5 Å². The zero-order valence-corrected chi connectivity index (χ0v) is 16.5. The highest BCUT2D eigenvalue weighted by molar-refractivity contribution is 5.78. The lowest BCUT2D eigenvalue weighted by Crippen LogP contribution is -2.28.